The lowest BCUT2D eigenvalue weighted by Crippen LogP contribution is -2.16. The number of nitrogen functional groups attached to an aromatic ring is 1. The molecule has 0 unspecified atom stereocenters. The second-order valence-electron chi connectivity index (χ2n) is 11.9. The Kier molecular flexibility index (Phi) is 10.3. The van der Waals surface area contributed by atoms with Crippen LogP contribution in [0.15, 0.2) is 104 Å². The van der Waals surface area contributed by atoms with E-state index < -0.39 is 29.6 Å². The molecule has 51 heavy (non-hydrogen) atoms. The molecule has 0 atom stereocenters. The van der Waals surface area contributed by atoms with E-state index in [2.05, 4.69) is 16.5 Å². The summed E-state index contributed by atoms with van der Waals surface area (Å²) >= 11 is 0. The topological polar surface area (TPSA) is 174 Å². The highest BCUT2D eigenvalue weighted by Crippen LogP contribution is 2.40. The van der Waals surface area contributed by atoms with E-state index in [1.165, 1.54) is 0 Å². The molecule has 6 aromatic rings. The van der Waals surface area contributed by atoms with Crippen LogP contribution in [0.3, 0.4) is 0 Å². The van der Waals surface area contributed by atoms with Crippen LogP contribution in [0.4, 0.5) is 5.69 Å². The molecule has 0 aliphatic carbocycles. The molecule has 2 heterocycles. The molecular weight excluding hydrogens is 650 g/mol. The van der Waals surface area contributed by atoms with Gasteiger partial charge in [0, 0.05) is 46.3 Å². The number of aryl methyl sites for hydroxylation is 2. The number of allylic oxidation sites excluding steroid dienone is 1. The Balaban J connectivity index is 1.23. The van der Waals surface area contributed by atoms with Crippen molar-refractivity contribution < 1.29 is 38.5 Å². The van der Waals surface area contributed by atoms with E-state index in [4.69, 9.17) is 19.9 Å². The minimum absolute atomic E-state index is 0.0788. The van der Waals surface area contributed by atoms with Gasteiger partial charge in [0.05, 0.1) is 18.4 Å². The molecule has 0 amide bonds. The summed E-state index contributed by atoms with van der Waals surface area (Å²) in [6.07, 6.45) is 4.11. The lowest BCUT2D eigenvalue weighted by atomic mass is 10.0. The van der Waals surface area contributed by atoms with Gasteiger partial charge in [-0.1, -0.05) is 61.2 Å². The average molecular weight is 686 g/mol. The molecule has 5 N–H and O–H groups in total. The highest BCUT2D eigenvalue weighted by atomic mass is 16.6. The van der Waals surface area contributed by atoms with E-state index in [1.54, 1.807) is 36.7 Å². The Morgan fingerprint density at radius 1 is 0.647 bits per heavy atom. The van der Waals surface area contributed by atoms with Crippen molar-refractivity contribution in [3.05, 3.63) is 126 Å². The van der Waals surface area contributed by atoms with Gasteiger partial charge in [-0.15, -0.1) is 0 Å². The summed E-state index contributed by atoms with van der Waals surface area (Å²) in [7, 11) is 0. The molecule has 11 heteroatoms. The van der Waals surface area contributed by atoms with E-state index in [1.807, 2.05) is 48.5 Å². The maximum Gasteiger partial charge on any atom is 0.335 e. The van der Waals surface area contributed by atoms with Crippen LogP contribution in [0.1, 0.15) is 52.7 Å². The van der Waals surface area contributed by atoms with Crippen molar-refractivity contribution in [1.82, 2.24) is 9.97 Å². The molecule has 0 aliphatic rings. The highest BCUT2D eigenvalue weighted by Gasteiger charge is 2.25. The number of anilines is 1. The number of hydrogen-bond donors (Lipinski definition) is 4. The first-order valence-electron chi connectivity index (χ1n) is 16.3. The monoisotopic (exact) mass is 685 g/mol. The number of rotatable bonds is 14. The van der Waals surface area contributed by atoms with Crippen molar-refractivity contribution in [2.24, 2.45) is 0 Å². The molecule has 6 rings (SSSR count). The van der Waals surface area contributed by atoms with Gasteiger partial charge in [-0.05, 0) is 71.9 Å². The highest BCUT2D eigenvalue weighted by molar-refractivity contribution is 5.92. The van der Waals surface area contributed by atoms with Crippen LogP contribution >= 0.6 is 0 Å². The summed E-state index contributed by atoms with van der Waals surface area (Å²) in [6, 6.07) is 24.5. The number of H-pyrrole nitrogens is 2. The minimum Gasteiger partial charge on any atom is -0.478 e. The number of ether oxygens (including phenoxy) is 3. The number of carbonyl (C=O) groups is 4. The zero-order valence-corrected chi connectivity index (χ0v) is 27.6. The molecule has 0 radical (unpaired) electrons. The Hall–Kier alpha value is -6.62. The first kappa shape index (κ1) is 34.3. The van der Waals surface area contributed by atoms with Crippen molar-refractivity contribution in [3.63, 3.8) is 0 Å². The Morgan fingerprint density at radius 3 is 1.67 bits per heavy atom. The van der Waals surface area contributed by atoms with Gasteiger partial charge < -0.3 is 35.0 Å². The molecule has 0 saturated carbocycles. The molecule has 0 saturated heterocycles. The van der Waals surface area contributed by atoms with Crippen LogP contribution in [0, 0.1) is 0 Å². The van der Waals surface area contributed by atoms with Gasteiger partial charge >= 0.3 is 23.9 Å². The van der Waals surface area contributed by atoms with Crippen molar-refractivity contribution in [1.29, 1.82) is 0 Å². The number of hydrogen-bond acceptors (Lipinski definition) is 8. The SMILES string of the molecule is C=C(CCC(=O)Oc1c(OC(=O)CCc2c[nH]c3ccccc23)cc(C(=O)O)cc1OC(=O)CCc1c[nH]c2ccccc12)c1ccccc1N. The number of esters is 3. The lowest BCUT2D eigenvalue weighted by molar-refractivity contribution is -0.138. The molecule has 258 valence electrons. The zero-order chi connectivity index (χ0) is 35.9. The van der Waals surface area contributed by atoms with Gasteiger partial charge in [0.25, 0.3) is 0 Å². The molecular formula is C40H35N3O8. The number of benzene rings is 4. The van der Waals surface area contributed by atoms with Crippen LogP contribution in [-0.2, 0) is 27.2 Å². The molecule has 0 spiro atoms. The first-order valence-corrected chi connectivity index (χ1v) is 16.3. The summed E-state index contributed by atoms with van der Waals surface area (Å²) in [6.45, 7) is 4.03. The third-order valence-corrected chi connectivity index (χ3v) is 8.45. The molecule has 2 aromatic heterocycles. The third kappa shape index (κ3) is 8.16. The maximum absolute atomic E-state index is 13.2. The van der Waals surface area contributed by atoms with Crippen LogP contribution in [0.25, 0.3) is 27.4 Å². The van der Waals surface area contributed by atoms with E-state index in [9.17, 15) is 24.3 Å². The quantitative estimate of drug-likeness (QED) is 0.0517. The standard InChI is InChI=1S/C40H35N3O8/c1-24(28-8-2-5-11-31(28)41)14-17-38(46)51-39-34(49-36(44)18-15-25-22-42-32-12-6-3-9-29(25)32)20-27(40(47)48)21-35(39)50-37(45)19-16-26-23-43-33-13-7-4-10-30(26)33/h2-13,20-23,42-43H,1,14-19,41H2,(H,47,48). The second kappa shape index (κ2) is 15.3. The zero-order valence-electron chi connectivity index (χ0n) is 27.6. The number of carbonyl (C=O) groups excluding carboxylic acids is 3. The predicted molar refractivity (Wildman–Crippen MR) is 193 cm³/mol. The number of fused-ring (bicyclic) bond motifs is 2. The lowest BCUT2D eigenvalue weighted by Gasteiger charge is -2.16. The summed E-state index contributed by atoms with van der Waals surface area (Å²) < 4.78 is 16.9. The van der Waals surface area contributed by atoms with E-state index in [-0.39, 0.29) is 42.7 Å². The second-order valence-corrected chi connectivity index (χ2v) is 11.9. The van der Waals surface area contributed by atoms with Crippen molar-refractivity contribution in [3.8, 4) is 17.2 Å². The normalized spacial score (nSPS) is 11.0. The number of para-hydroxylation sites is 3. The fourth-order valence-corrected chi connectivity index (χ4v) is 5.82. The third-order valence-electron chi connectivity index (χ3n) is 8.45. The summed E-state index contributed by atoms with van der Waals surface area (Å²) in [4.78, 5) is 58.1. The van der Waals surface area contributed by atoms with E-state index >= 15 is 0 Å². The Bertz CT molecular complexity index is 2170. The van der Waals surface area contributed by atoms with Gasteiger partial charge in [0.2, 0.25) is 5.75 Å². The molecule has 0 fully saturated rings. The summed E-state index contributed by atoms with van der Waals surface area (Å²) in [5, 5.41) is 11.8. The fourth-order valence-electron chi connectivity index (χ4n) is 5.82. The molecule has 11 nitrogen and oxygen atoms in total. The Labute approximate surface area is 292 Å². The summed E-state index contributed by atoms with van der Waals surface area (Å²) in [5.41, 5.74) is 11.1. The van der Waals surface area contributed by atoms with E-state index in [0.717, 1.165) is 45.1 Å². The molecule has 0 bridgehead atoms. The van der Waals surface area contributed by atoms with Gasteiger partial charge in [0.1, 0.15) is 0 Å². The van der Waals surface area contributed by atoms with Gasteiger partial charge in [0.15, 0.2) is 11.5 Å². The predicted octanol–water partition coefficient (Wildman–Crippen LogP) is 7.41. The number of aromatic nitrogens is 2. The Morgan fingerprint density at radius 2 is 1.14 bits per heavy atom. The smallest absolute Gasteiger partial charge is 0.335 e. The minimum atomic E-state index is -1.38. The fraction of sp³-hybridized carbons (Fsp3) is 0.150. The molecule has 4 aromatic carbocycles. The van der Waals surface area contributed by atoms with Crippen LogP contribution in [0.2, 0.25) is 0 Å². The van der Waals surface area contributed by atoms with Gasteiger partial charge in [-0.2, -0.15) is 0 Å². The van der Waals surface area contributed by atoms with Gasteiger partial charge in [-0.3, -0.25) is 14.4 Å². The van der Waals surface area contributed by atoms with Crippen LogP contribution in [-0.4, -0.2) is 39.0 Å². The molecule has 0 aliphatic heterocycles. The first-order chi connectivity index (χ1) is 24.7. The number of carboxylic acids is 1. The van der Waals surface area contributed by atoms with E-state index in [0.29, 0.717) is 29.7 Å². The average Bonchev–Trinajstić information content (AvgIpc) is 3.74. The largest absolute Gasteiger partial charge is 0.478 e. The number of nitrogens with two attached hydrogens (primary N) is 1. The van der Waals surface area contributed by atoms with Crippen LogP contribution < -0.4 is 19.9 Å². The number of carboxylic acid groups (broad SMARTS) is 1. The van der Waals surface area contributed by atoms with Gasteiger partial charge in [-0.25, -0.2) is 4.79 Å². The van der Waals surface area contributed by atoms with Crippen molar-refractivity contribution in [2.45, 2.75) is 38.5 Å². The number of aromatic amines is 2. The van der Waals surface area contributed by atoms with Crippen LogP contribution in [0.5, 0.6) is 17.2 Å². The maximum atomic E-state index is 13.2. The van der Waals surface area contributed by atoms with Crippen molar-refractivity contribution >= 4 is 56.9 Å². The number of aromatic carboxylic acids is 1. The number of nitrogens with one attached hydrogen (secondary N) is 2. The van der Waals surface area contributed by atoms with Crippen molar-refractivity contribution in [2.75, 3.05) is 5.73 Å². The summed E-state index contributed by atoms with van der Waals surface area (Å²) in [5.74, 6) is -4.72.